The average Bonchev–Trinajstić information content (AvgIpc) is 3.07. The van der Waals surface area contributed by atoms with E-state index in [0.717, 1.165) is 16.8 Å². The van der Waals surface area contributed by atoms with E-state index in [0.29, 0.717) is 0 Å². The molecule has 1 aromatic heterocycles. The molecule has 0 fully saturated rings. The van der Waals surface area contributed by atoms with Gasteiger partial charge in [0.05, 0.1) is 16.1 Å². The maximum Gasteiger partial charge on any atom is 0.0634 e. The molecule has 0 aliphatic carbocycles. The number of benzene rings is 3. The lowest BCUT2D eigenvalue weighted by molar-refractivity contribution is 1.29. The van der Waals surface area contributed by atoms with E-state index in [2.05, 4.69) is 103 Å². The molecule has 0 saturated heterocycles. The molecule has 2 heteroatoms. The van der Waals surface area contributed by atoms with Crippen molar-refractivity contribution in [1.82, 2.24) is 0 Å². The van der Waals surface area contributed by atoms with E-state index in [1.165, 1.54) is 31.4 Å². The topological polar surface area (TPSA) is 3.24 Å². The first-order valence-electron chi connectivity index (χ1n) is 9.07. The van der Waals surface area contributed by atoms with Crippen molar-refractivity contribution in [3.05, 3.63) is 103 Å². The smallest absolute Gasteiger partial charge is 0.0634 e. The molecule has 3 aromatic carbocycles. The minimum Gasteiger partial charge on any atom is -0.315 e. The first kappa shape index (κ1) is 16.1. The molecule has 5 rings (SSSR count). The minimum absolute atomic E-state index is 1.03. The van der Waals surface area contributed by atoms with Crippen LogP contribution in [0.25, 0.3) is 25.7 Å². The quantitative estimate of drug-likeness (QED) is 0.336. The van der Waals surface area contributed by atoms with Crippen LogP contribution in [0.15, 0.2) is 91.7 Å². The monoisotopic (exact) mass is 365 g/mol. The van der Waals surface area contributed by atoms with Gasteiger partial charge in [-0.25, -0.2) is 0 Å². The fourth-order valence-corrected chi connectivity index (χ4v) is 5.06. The fraction of sp³-hybridized carbons (Fsp3) is 0.0400. The summed E-state index contributed by atoms with van der Waals surface area (Å²) < 4.78 is 2.69. The van der Waals surface area contributed by atoms with Crippen molar-refractivity contribution in [3.8, 4) is 0 Å². The number of thiophene rings is 1. The summed E-state index contributed by atoms with van der Waals surface area (Å²) in [4.78, 5) is 2.29. The zero-order valence-corrected chi connectivity index (χ0v) is 16.0. The number of hydrogen-bond donors (Lipinski definition) is 0. The molecule has 0 unspecified atom stereocenters. The highest BCUT2D eigenvalue weighted by Gasteiger charge is 2.18. The summed E-state index contributed by atoms with van der Waals surface area (Å²) in [7, 11) is 0. The van der Waals surface area contributed by atoms with Gasteiger partial charge in [0.2, 0.25) is 0 Å². The molecule has 1 aliphatic heterocycles. The molecule has 0 bridgehead atoms. The van der Waals surface area contributed by atoms with Gasteiger partial charge in [0.25, 0.3) is 0 Å². The number of fused-ring (bicyclic) bond motifs is 4. The molecule has 0 spiro atoms. The molecule has 130 valence electrons. The van der Waals surface area contributed by atoms with Crippen LogP contribution in [0.4, 0.5) is 11.4 Å². The number of hydrogen-bond acceptors (Lipinski definition) is 2. The van der Waals surface area contributed by atoms with Crippen LogP contribution in [-0.4, -0.2) is 0 Å². The normalized spacial score (nSPS) is 16.2. The Balaban J connectivity index is 1.83. The molecule has 0 saturated carbocycles. The lowest BCUT2D eigenvalue weighted by Crippen LogP contribution is -2.11. The van der Waals surface area contributed by atoms with E-state index < -0.39 is 0 Å². The van der Waals surface area contributed by atoms with Gasteiger partial charge in [0.15, 0.2) is 0 Å². The molecular weight excluding hydrogens is 346 g/mol. The molecule has 0 N–H and O–H groups in total. The molecule has 1 nitrogen and oxygen atoms in total. The van der Waals surface area contributed by atoms with Crippen LogP contribution in [0.3, 0.4) is 0 Å². The Morgan fingerprint density at radius 3 is 2.41 bits per heavy atom. The highest BCUT2D eigenvalue weighted by atomic mass is 32.1. The van der Waals surface area contributed by atoms with Crippen LogP contribution in [0.5, 0.6) is 0 Å². The Bertz CT molecular complexity index is 1260. The van der Waals surface area contributed by atoms with E-state index in [9.17, 15) is 0 Å². The Hall–Kier alpha value is -3.10. The van der Waals surface area contributed by atoms with Crippen molar-refractivity contribution in [2.24, 2.45) is 0 Å². The summed E-state index contributed by atoms with van der Waals surface area (Å²) >= 11 is 1.88. The zero-order chi connectivity index (χ0) is 18.4. The van der Waals surface area contributed by atoms with Crippen molar-refractivity contribution >= 4 is 48.5 Å². The highest BCUT2D eigenvalue weighted by Crippen LogP contribution is 2.44. The Morgan fingerprint density at radius 1 is 0.778 bits per heavy atom. The van der Waals surface area contributed by atoms with Crippen LogP contribution in [-0.2, 0) is 0 Å². The summed E-state index contributed by atoms with van der Waals surface area (Å²) in [5.74, 6) is 0. The van der Waals surface area contributed by atoms with Crippen LogP contribution < -0.4 is 4.90 Å². The van der Waals surface area contributed by atoms with E-state index in [-0.39, 0.29) is 0 Å². The molecule has 0 atom stereocenters. The number of anilines is 2. The first-order valence-corrected chi connectivity index (χ1v) is 9.89. The third-order valence-electron chi connectivity index (χ3n) is 5.11. The van der Waals surface area contributed by atoms with E-state index in [1.807, 2.05) is 11.3 Å². The predicted molar refractivity (Wildman–Crippen MR) is 120 cm³/mol. The van der Waals surface area contributed by atoms with Crippen LogP contribution >= 0.6 is 11.3 Å². The summed E-state index contributed by atoms with van der Waals surface area (Å²) in [6, 6.07) is 21.6. The fourth-order valence-electron chi connectivity index (χ4n) is 3.78. The molecule has 2 heterocycles. The predicted octanol–water partition coefficient (Wildman–Crippen LogP) is 7.60. The lowest BCUT2D eigenvalue weighted by Gasteiger charge is -2.25. The molecule has 1 aliphatic rings. The maximum absolute atomic E-state index is 4.25. The molecule has 27 heavy (non-hydrogen) atoms. The third-order valence-corrected chi connectivity index (χ3v) is 6.49. The van der Waals surface area contributed by atoms with Crippen molar-refractivity contribution in [2.45, 2.75) is 6.92 Å². The molecule has 0 radical (unpaired) electrons. The summed E-state index contributed by atoms with van der Waals surface area (Å²) in [6.45, 7) is 6.44. The van der Waals surface area contributed by atoms with Gasteiger partial charge < -0.3 is 4.90 Å². The second kappa shape index (κ2) is 6.26. The lowest BCUT2D eigenvalue weighted by atomic mass is 10.0. The van der Waals surface area contributed by atoms with Crippen molar-refractivity contribution in [3.63, 3.8) is 0 Å². The van der Waals surface area contributed by atoms with Crippen molar-refractivity contribution < 1.29 is 0 Å². The van der Waals surface area contributed by atoms with E-state index in [4.69, 9.17) is 0 Å². The SMILES string of the molecule is C=C1/C=C\C=C/N(c2cccc3c2sc2c(C)cccc23)c2ccccc21. The first-order chi connectivity index (χ1) is 13.2. The van der Waals surface area contributed by atoms with Crippen molar-refractivity contribution in [1.29, 1.82) is 0 Å². The van der Waals surface area contributed by atoms with Crippen LogP contribution in [0.2, 0.25) is 0 Å². The molecule has 0 amide bonds. The Labute approximate surface area is 163 Å². The second-order valence-electron chi connectivity index (χ2n) is 6.82. The zero-order valence-electron chi connectivity index (χ0n) is 15.1. The van der Waals surface area contributed by atoms with Gasteiger partial charge in [-0.1, -0.05) is 67.3 Å². The number of para-hydroxylation sites is 1. The van der Waals surface area contributed by atoms with Crippen LogP contribution in [0, 0.1) is 6.92 Å². The molecule has 4 aromatic rings. The average molecular weight is 366 g/mol. The van der Waals surface area contributed by atoms with Gasteiger partial charge in [-0.15, -0.1) is 11.3 Å². The number of allylic oxidation sites excluding steroid dienone is 4. The molecular formula is C25H19NS. The standard InChI is InChI=1S/C25H19NS/c1-17-9-5-6-16-26(22-14-4-3-11-19(17)22)23-15-8-13-21-20-12-7-10-18(2)24(20)27-25(21)23/h3-16H,1H2,2H3/b9-5-,16-6-. The van der Waals surface area contributed by atoms with Gasteiger partial charge in [-0.3, -0.25) is 0 Å². The summed E-state index contributed by atoms with van der Waals surface area (Å²) in [5.41, 5.74) is 5.89. The summed E-state index contributed by atoms with van der Waals surface area (Å²) in [6.07, 6.45) is 8.35. The Morgan fingerprint density at radius 2 is 1.52 bits per heavy atom. The van der Waals surface area contributed by atoms with Gasteiger partial charge in [0, 0.05) is 27.2 Å². The van der Waals surface area contributed by atoms with Gasteiger partial charge in [0.1, 0.15) is 0 Å². The third kappa shape index (κ3) is 2.53. The largest absolute Gasteiger partial charge is 0.315 e. The number of aryl methyl sites for hydroxylation is 1. The van der Waals surface area contributed by atoms with Crippen LogP contribution in [0.1, 0.15) is 11.1 Å². The summed E-state index contributed by atoms with van der Waals surface area (Å²) in [5, 5.41) is 2.66. The van der Waals surface area contributed by atoms with E-state index >= 15 is 0 Å². The Kier molecular flexibility index (Phi) is 3.73. The minimum atomic E-state index is 1.03. The highest BCUT2D eigenvalue weighted by molar-refractivity contribution is 7.26. The second-order valence-corrected chi connectivity index (χ2v) is 7.84. The van der Waals surface area contributed by atoms with E-state index in [1.54, 1.807) is 0 Å². The maximum atomic E-state index is 4.25. The van der Waals surface area contributed by atoms with Crippen molar-refractivity contribution in [2.75, 3.05) is 4.90 Å². The number of rotatable bonds is 1. The van der Waals surface area contributed by atoms with Gasteiger partial charge in [-0.2, -0.15) is 0 Å². The van der Waals surface area contributed by atoms with Gasteiger partial charge in [-0.05, 0) is 36.3 Å². The van der Waals surface area contributed by atoms with Gasteiger partial charge >= 0.3 is 0 Å². The number of nitrogens with zero attached hydrogens (tertiary/aromatic N) is 1.